The van der Waals surface area contributed by atoms with E-state index >= 15 is 0 Å². The third-order valence-corrected chi connectivity index (χ3v) is 2.81. The highest BCUT2D eigenvalue weighted by atomic mass is 16.6. The Balaban J connectivity index is 2.21. The molecule has 2 rings (SSSR count). The van der Waals surface area contributed by atoms with Crippen LogP contribution in [0.2, 0.25) is 0 Å². The summed E-state index contributed by atoms with van der Waals surface area (Å²) in [6, 6.07) is 6.09. The number of nitro benzene ring substituents is 1. The van der Waals surface area contributed by atoms with E-state index in [1.807, 2.05) is 0 Å². The van der Waals surface area contributed by atoms with E-state index in [1.54, 1.807) is 19.2 Å². The Labute approximate surface area is 108 Å². The monoisotopic (exact) mass is 261 g/mol. The molecule has 7 nitrogen and oxygen atoms in total. The maximum atomic E-state index is 10.9. The van der Waals surface area contributed by atoms with Crippen LogP contribution >= 0.6 is 0 Å². The van der Waals surface area contributed by atoms with Crippen molar-refractivity contribution < 1.29 is 14.8 Å². The molecule has 0 aliphatic carbocycles. The summed E-state index contributed by atoms with van der Waals surface area (Å²) in [5, 5.41) is 19.4. The largest absolute Gasteiger partial charge is 0.477 e. The molecule has 1 heterocycles. The molecule has 2 aromatic rings. The summed E-state index contributed by atoms with van der Waals surface area (Å²) in [7, 11) is 1.62. The summed E-state index contributed by atoms with van der Waals surface area (Å²) in [5.74, 6) is -0.448. The number of carboxylic acids is 1. The van der Waals surface area contributed by atoms with E-state index in [9.17, 15) is 14.9 Å². The third-order valence-electron chi connectivity index (χ3n) is 2.81. The lowest BCUT2D eigenvalue weighted by molar-refractivity contribution is -0.384. The first-order chi connectivity index (χ1) is 8.99. The molecule has 98 valence electrons. The zero-order valence-corrected chi connectivity index (χ0v) is 10.1. The third kappa shape index (κ3) is 2.59. The van der Waals surface area contributed by atoms with E-state index in [-0.39, 0.29) is 11.4 Å². The molecule has 0 spiro atoms. The van der Waals surface area contributed by atoms with Gasteiger partial charge in [0.2, 0.25) is 0 Å². The van der Waals surface area contributed by atoms with Gasteiger partial charge in [0.1, 0.15) is 11.5 Å². The number of carbonyl (C=O) groups is 1. The van der Waals surface area contributed by atoms with Crippen LogP contribution in [0.25, 0.3) is 0 Å². The predicted octanol–water partition coefficient (Wildman–Crippen LogP) is 1.62. The van der Waals surface area contributed by atoms with Crippen molar-refractivity contribution in [2.75, 3.05) is 0 Å². The van der Waals surface area contributed by atoms with Gasteiger partial charge in [0.15, 0.2) is 0 Å². The summed E-state index contributed by atoms with van der Waals surface area (Å²) >= 11 is 0. The first-order valence-corrected chi connectivity index (χ1v) is 5.46. The molecule has 0 bridgehead atoms. The number of nitrogens with zero attached hydrogens (tertiary/aromatic N) is 3. The minimum absolute atomic E-state index is 0.0230. The molecular formula is C12H11N3O4. The summed E-state index contributed by atoms with van der Waals surface area (Å²) in [6.07, 6.45) is 1.71. The van der Waals surface area contributed by atoms with Gasteiger partial charge in [-0.1, -0.05) is 12.1 Å². The van der Waals surface area contributed by atoms with Crippen molar-refractivity contribution in [3.05, 3.63) is 57.7 Å². The minimum atomic E-state index is -1.04. The highest BCUT2D eigenvalue weighted by Crippen LogP contribution is 2.15. The second-order valence-corrected chi connectivity index (χ2v) is 4.02. The maximum absolute atomic E-state index is 10.9. The average Bonchev–Trinajstić information content (AvgIpc) is 2.72. The van der Waals surface area contributed by atoms with E-state index in [2.05, 4.69) is 4.98 Å². The predicted molar refractivity (Wildman–Crippen MR) is 66.1 cm³/mol. The normalized spacial score (nSPS) is 10.4. The summed E-state index contributed by atoms with van der Waals surface area (Å²) in [6.45, 7) is 0. The number of aromatic carboxylic acids is 1. The first kappa shape index (κ1) is 12.7. The molecule has 0 aliphatic rings. The second-order valence-electron chi connectivity index (χ2n) is 4.02. The number of carboxylic acid groups (broad SMARTS) is 1. The van der Waals surface area contributed by atoms with Gasteiger partial charge in [0.05, 0.1) is 11.1 Å². The van der Waals surface area contributed by atoms with Crippen molar-refractivity contribution in [3.63, 3.8) is 0 Å². The van der Waals surface area contributed by atoms with E-state index in [1.165, 1.54) is 22.9 Å². The van der Waals surface area contributed by atoms with Gasteiger partial charge >= 0.3 is 5.97 Å². The standard InChI is InChI=1S/C12H11N3O4/c1-14-10(12(16)17)7-13-11(14)6-8-2-4-9(5-3-8)15(18)19/h2-5,7H,6H2,1H3,(H,16,17). The molecule has 1 aromatic heterocycles. The van der Waals surface area contributed by atoms with Gasteiger partial charge in [-0.05, 0) is 5.56 Å². The van der Waals surface area contributed by atoms with Gasteiger partial charge in [-0.15, -0.1) is 0 Å². The molecule has 7 heteroatoms. The average molecular weight is 261 g/mol. The summed E-state index contributed by atoms with van der Waals surface area (Å²) in [4.78, 5) is 25.0. The quantitative estimate of drug-likeness (QED) is 0.666. The lowest BCUT2D eigenvalue weighted by Gasteiger charge is -2.03. The molecule has 0 saturated heterocycles. The highest BCUT2D eigenvalue weighted by Gasteiger charge is 2.13. The zero-order chi connectivity index (χ0) is 14.0. The lowest BCUT2D eigenvalue weighted by Crippen LogP contribution is -2.07. The fraction of sp³-hybridized carbons (Fsp3) is 0.167. The Kier molecular flexibility index (Phi) is 3.28. The molecule has 0 atom stereocenters. The Morgan fingerprint density at radius 2 is 2.05 bits per heavy atom. The number of hydrogen-bond acceptors (Lipinski definition) is 4. The van der Waals surface area contributed by atoms with Crippen LogP contribution in [0, 0.1) is 10.1 Å². The maximum Gasteiger partial charge on any atom is 0.354 e. The fourth-order valence-corrected chi connectivity index (χ4v) is 1.73. The Hall–Kier alpha value is -2.70. The van der Waals surface area contributed by atoms with Crippen LogP contribution in [0.1, 0.15) is 21.9 Å². The number of hydrogen-bond donors (Lipinski definition) is 1. The van der Waals surface area contributed by atoms with Gasteiger partial charge in [0.25, 0.3) is 5.69 Å². The number of nitro groups is 1. The summed E-state index contributed by atoms with van der Waals surface area (Å²) < 4.78 is 1.49. The van der Waals surface area contributed by atoms with E-state index < -0.39 is 10.9 Å². The van der Waals surface area contributed by atoms with Crippen molar-refractivity contribution in [1.29, 1.82) is 0 Å². The van der Waals surface area contributed by atoms with Crippen LogP contribution in [0.5, 0.6) is 0 Å². The zero-order valence-electron chi connectivity index (χ0n) is 10.1. The Morgan fingerprint density at radius 1 is 1.42 bits per heavy atom. The van der Waals surface area contributed by atoms with Crippen LogP contribution < -0.4 is 0 Å². The number of imidazole rings is 1. The van der Waals surface area contributed by atoms with Gasteiger partial charge in [-0.2, -0.15) is 0 Å². The fourth-order valence-electron chi connectivity index (χ4n) is 1.73. The van der Waals surface area contributed by atoms with Gasteiger partial charge in [0, 0.05) is 25.6 Å². The molecule has 1 N–H and O–H groups in total. The molecule has 0 radical (unpaired) electrons. The van der Waals surface area contributed by atoms with Crippen LogP contribution in [0.15, 0.2) is 30.5 Å². The van der Waals surface area contributed by atoms with Crippen molar-refractivity contribution >= 4 is 11.7 Å². The second kappa shape index (κ2) is 4.89. The van der Waals surface area contributed by atoms with Crippen LogP contribution in [-0.2, 0) is 13.5 Å². The van der Waals surface area contributed by atoms with Gasteiger partial charge in [-0.3, -0.25) is 10.1 Å². The molecule has 0 aliphatic heterocycles. The lowest BCUT2D eigenvalue weighted by atomic mass is 10.1. The van der Waals surface area contributed by atoms with Crippen LogP contribution in [-0.4, -0.2) is 25.6 Å². The molecule has 0 fully saturated rings. The molecule has 0 unspecified atom stereocenters. The first-order valence-electron chi connectivity index (χ1n) is 5.46. The molecule has 1 aromatic carbocycles. The van der Waals surface area contributed by atoms with E-state index in [0.717, 1.165) is 5.56 Å². The highest BCUT2D eigenvalue weighted by molar-refractivity contribution is 5.85. The van der Waals surface area contributed by atoms with Crippen molar-refractivity contribution in [3.8, 4) is 0 Å². The van der Waals surface area contributed by atoms with Crippen LogP contribution in [0.4, 0.5) is 5.69 Å². The van der Waals surface area contributed by atoms with Crippen molar-refractivity contribution in [2.24, 2.45) is 7.05 Å². The minimum Gasteiger partial charge on any atom is -0.477 e. The Bertz CT molecular complexity index is 631. The SMILES string of the molecule is Cn1c(C(=O)O)cnc1Cc1ccc([N+](=O)[O-])cc1. The van der Waals surface area contributed by atoms with Crippen molar-refractivity contribution in [2.45, 2.75) is 6.42 Å². The number of benzene rings is 1. The topological polar surface area (TPSA) is 98.3 Å². The number of non-ortho nitro benzene ring substituents is 1. The smallest absolute Gasteiger partial charge is 0.354 e. The van der Waals surface area contributed by atoms with E-state index in [4.69, 9.17) is 5.11 Å². The van der Waals surface area contributed by atoms with Crippen molar-refractivity contribution in [1.82, 2.24) is 9.55 Å². The Morgan fingerprint density at radius 3 is 2.53 bits per heavy atom. The van der Waals surface area contributed by atoms with Gasteiger partial charge < -0.3 is 9.67 Å². The number of rotatable bonds is 4. The van der Waals surface area contributed by atoms with E-state index in [0.29, 0.717) is 12.2 Å². The molecule has 0 saturated carbocycles. The number of aromatic nitrogens is 2. The molecular weight excluding hydrogens is 250 g/mol. The van der Waals surface area contributed by atoms with Gasteiger partial charge in [-0.25, -0.2) is 9.78 Å². The summed E-state index contributed by atoms with van der Waals surface area (Å²) in [5.41, 5.74) is 0.961. The molecule has 0 amide bonds. The molecule has 19 heavy (non-hydrogen) atoms. The van der Waals surface area contributed by atoms with Crippen LogP contribution in [0.3, 0.4) is 0 Å².